The summed E-state index contributed by atoms with van der Waals surface area (Å²) in [5.41, 5.74) is -3.61. The second kappa shape index (κ2) is 7.37. The van der Waals surface area contributed by atoms with Gasteiger partial charge in [0.05, 0.1) is 21.3 Å². The molecule has 0 aliphatic rings. The lowest BCUT2D eigenvalue weighted by Gasteiger charge is -2.15. The Labute approximate surface area is 119 Å². The molecule has 4 nitrogen and oxygen atoms in total. The van der Waals surface area contributed by atoms with Gasteiger partial charge in [-0.1, -0.05) is 0 Å². The molecule has 1 aromatic carbocycles. The van der Waals surface area contributed by atoms with E-state index in [-0.39, 0.29) is 24.1 Å². The van der Waals surface area contributed by atoms with E-state index in [4.69, 9.17) is 14.2 Å². The summed E-state index contributed by atoms with van der Waals surface area (Å²) in [5, 5.41) is 2.88. The number of thioether (sulfide) groups is 1. The minimum atomic E-state index is -4.21. The van der Waals surface area contributed by atoms with Crippen molar-refractivity contribution in [3.05, 3.63) is 12.1 Å². The van der Waals surface area contributed by atoms with Crippen LogP contribution in [0.15, 0.2) is 12.1 Å². The van der Waals surface area contributed by atoms with Crippen LogP contribution in [0.2, 0.25) is 0 Å². The van der Waals surface area contributed by atoms with Crippen molar-refractivity contribution in [2.45, 2.75) is 5.51 Å². The first-order valence-electron chi connectivity index (χ1n) is 5.66. The molecule has 20 heavy (non-hydrogen) atoms. The third kappa shape index (κ3) is 4.92. The molecule has 0 amide bonds. The first kappa shape index (κ1) is 16.6. The lowest BCUT2D eigenvalue weighted by atomic mass is 10.2. The third-order valence-electron chi connectivity index (χ3n) is 2.36. The van der Waals surface area contributed by atoms with Crippen molar-refractivity contribution in [2.24, 2.45) is 0 Å². The zero-order valence-corrected chi connectivity index (χ0v) is 12.2. The van der Waals surface area contributed by atoms with Gasteiger partial charge in [0.2, 0.25) is 5.75 Å². The van der Waals surface area contributed by atoms with Crippen LogP contribution in [-0.4, -0.2) is 39.1 Å². The summed E-state index contributed by atoms with van der Waals surface area (Å²) in [7, 11) is 4.43. The fourth-order valence-corrected chi connectivity index (χ4v) is 1.98. The highest BCUT2D eigenvalue weighted by atomic mass is 32.2. The second-order valence-electron chi connectivity index (χ2n) is 3.63. The van der Waals surface area contributed by atoms with Crippen LogP contribution in [0.5, 0.6) is 17.2 Å². The Hall–Kier alpha value is -1.44. The second-order valence-corrected chi connectivity index (χ2v) is 4.79. The lowest BCUT2D eigenvalue weighted by molar-refractivity contribution is -0.0327. The van der Waals surface area contributed by atoms with E-state index in [1.54, 1.807) is 12.1 Å². The third-order valence-corrected chi connectivity index (χ3v) is 3.10. The van der Waals surface area contributed by atoms with Gasteiger partial charge in [-0.05, 0) is 11.8 Å². The number of methoxy groups -OCH3 is 3. The molecule has 8 heteroatoms. The minimum absolute atomic E-state index is 0.0693. The number of halogens is 3. The first-order chi connectivity index (χ1) is 9.41. The number of ether oxygens (including phenoxy) is 3. The number of alkyl halides is 3. The topological polar surface area (TPSA) is 39.7 Å². The fourth-order valence-electron chi connectivity index (χ4n) is 1.55. The van der Waals surface area contributed by atoms with E-state index >= 15 is 0 Å². The van der Waals surface area contributed by atoms with Gasteiger partial charge in [0, 0.05) is 30.1 Å². The predicted molar refractivity (Wildman–Crippen MR) is 73.1 cm³/mol. The van der Waals surface area contributed by atoms with Gasteiger partial charge in [-0.25, -0.2) is 0 Å². The number of hydrogen-bond donors (Lipinski definition) is 1. The van der Waals surface area contributed by atoms with Crippen molar-refractivity contribution >= 4 is 17.4 Å². The zero-order valence-electron chi connectivity index (χ0n) is 11.3. The normalized spacial score (nSPS) is 11.1. The summed E-state index contributed by atoms with van der Waals surface area (Å²) >= 11 is -0.0693. The maximum atomic E-state index is 12.0. The van der Waals surface area contributed by atoms with Crippen LogP contribution < -0.4 is 19.5 Å². The van der Waals surface area contributed by atoms with E-state index in [9.17, 15) is 13.2 Å². The van der Waals surface area contributed by atoms with Crippen molar-refractivity contribution in [1.82, 2.24) is 0 Å². The zero-order chi connectivity index (χ0) is 15.2. The summed E-state index contributed by atoms with van der Waals surface area (Å²) < 4.78 is 51.4. The van der Waals surface area contributed by atoms with Gasteiger partial charge in [0.15, 0.2) is 11.5 Å². The van der Waals surface area contributed by atoms with Crippen molar-refractivity contribution in [3.8, 4) is 17.2 Å². The Morgan fingerprint density at radius 2 is 1.60 bits per heavy atom. The maximum absolute atomic E-state index is 12.0. The van der Waals surface area contributed by atoms with Gasteiger partial charge in [0.25, 0.3) is 0 Å². The summed E-state index contributed by atoms with van der Waals surface area (Å²) in [4.78, 5) is 0. The van der Waals surface area contributed by atoms with Crippen LogP contribution >= 0.6 is 11.8 Å². The van der Waals surface area contributed by atoms with E-state index < -0.39 is 5.51 Å². The Bertz CT molecular complexity index is 415. The Morgan fingerprint density at radius 1 is 1.05 bits per heavy atom. The number of hydrogen-bond acceptors (Lipinski definition) is 5. The van der Waals surface area contributed by atoms with E-state index in [2.05, 4.69) is 5.32 Å². The van der Waals surface area contributed by atoms with Crippen LogP contribution in [0.3, 0.4) is 0 Å². The van der Waals surface area contributed by atoms with Crippen molar-refractivity contribution in [3.63, 3.8) is 0 Å². The molecular weight excluding hydrogens is 295 g/mol. The molecule has 0 radical (unpaired) electrons. The summed E-state index contributed by atoms with van der Waals surface area (Å²) in [5.74, 6) is 1.24. The lowest BCUT2D eigenvalue weighted by Crippen LogP contribution is -2.09. The highest BCUT2D eigenvalue weighted by Gasteiger charge is 2.27. The smallest absolute Gasteiger partial charge is 0.441 e. The van der Waals surface area contributed by atoms with Gasteiger partial charge in [-0.3, -0.25) is 0 Å². The fraction of sp³-hybridized carbons (Fsp3) is 0.500. The molecule has 114 valence electrons. The van der Waals surface area contributed by atoms with Gasteiger partial charge < -0.3 is 19.5 Å². The van der Waals surface area contributed by atoms with E-state index in [1.165, 1.54) is 21.3 Å². The van der Waals surface area contributed by atoms with Gasteiger partial charge in [-0.2, -0.15) is 13.2 Å². The predicted octanol–water partition coefficient (Wildman–Crippen LogP) is 3.38. The molecule has 0 saturated heterocycles. The van der Waals surface area contributed by atoms with Crippen LogP contribution in [0.4, 0.5) is 18.9 Å². The summed E-state index contributed by atoms with van der Waals surface area (Å²) in [6.45, 7) is 0.169. The molecule has 1 rings (SSSR count). The van der Waals surface area contributed by atoms with E-state index in [1.807, 2.05) is 0 Å². The minimum Gasteiger partial charge on any atom is -0.493 e. The number of rotatable bonds is 7. The van der Waals surface area contributed by atoms with E-state index in [0.717, 1.165) is 0 Å². The molecule has 0 atom stereocenters. The van der Waals surface area contributed by atoms with Crippen LogP contribution in [0.1, 0.15) is 0 Å². The summed E-state index contributed by atoms with van der Waals surface area (Å²) in [6, 6.07) is 3.28. The summed E-state index contributed by atoms with van der Waals surface area (Å²) in [6.07, 6.45) is 0. The standard InChI is InChI=1S/C12H16F3NO3S/c1-17-9-6-8(7-10(18-2)11(9)19-3)16-4-5-20-12(13,14)15/h6-7,16H,4-5H2,1-3H3. The molecule has 0 bridgehead atoms. The van der Waals surface area contributed by atoms with Gasteiger partial charge in [0.1, 0.15) is 0 Å². The molecule has 1 N–H and O–H groups in total. The molecule has 0 aliphatic heterocycles. The number of nitrogens with one attached hydrogen (secondary N) is 1. The molecule has 0 aromatic heterocycles. The average Bonchev–Trinajstić information content (AvgIpc) is 2.41. The van der Waals surface area contributed by atoms with Crippen molar-refractivity contribution < 1.29 is 27.4 Å². The molecule has 0 heterocycles. The molecule has 0 spiro atoms. The van der Waals surface area contributed by atoms with Gasteiger partial charge in [-0.15, -0.1) is 0 Å². The molecule has 0 aliphatic carbocycles. The maximum Gasteiger partial charge on any atom is 0.441 e. The Morgan fingerprint density at radius 3 is 2.00 bits per heavy atom. The first-order valence-corrected chi connectivity index (χ1v) is 6.64. The van der Waals surface area contributed by atoms with Crippen molar-refractivity contribution in [2.75, 3.05) is 38.9 Å². The SMILES string of the molecule is COc1cc(NCCSC(F)(F)F)cc(OC)c1OC. The van der Waals surface area contributed by atoms with Crippen LogP contribution in [0.25, 0.3) is 0 Å². The van der Waals surface area contributed by atoms with Crippen LogP contribution in [-0.2, 0) is 0 Å². The molecule has 1 aromatic rings. The number of benzene rings is 1. The van der Waals surface area contributed by atoms with Crippen LogP contribution in [0, 0.1) is 0 Å². The number of anilines is 1. The Balaban J connectivity index is 2.71. The molecule has 0 unspecified atom stereocenters. The largest absolute Gasteiger partial charge is 0.493 e. The van der Waals surface area contributed by atoms with E-state index in [0.29, 0.717) is 22.9 Å². The monoisotopic (exact) mass is 311 g/mol. The quantitative estimate of drug-likeness (QED) is 0.782. The molecule has 0 saturated carbocycles. The average molecular weight is 311 g/mol. The Kier molecular flexibility index (Phi) is 6.12. The molecular formula is C12H16F3NO3S. The molecule has 0 fully saturated rings. The van der Waals surface area contributed by atoms with Crippen molar-refractivity contribution in [1.29, 1.82) is 0 Å². The van der Waals surface area contributed by atoms with Gasteiger partial charge >= 0.3 is 5.51 Å². The highest BCUT2D eigenvalue weighted by Crippen LogP contribution is 2.40. The highest BCUT2D eigenvalue weighted by molar-refractivity contribution is 8.00.